The molecular weight excluding hydrogens is 409 g/mol. The third-order valence-corrected chi connectivity index (χ3v) is 5.90. The van der Waals surface area contributed by atoms with Crippen molar-refractivity contribution in [1.82, 2.24) is 14.7 Å². The Morgan fingerprint density at radius 1 is 0.969 bits per heavy atom. The molecule has 0 saturated carbocycles. The van der Waals surface area contributed by atoms with Crippen LogP contribution in [0.15, 0.2) is 54.6 Å². The van der Waals surface area contributed by atoms with Gasteiger partial charge in [-0.15, -0.1) is 0 Å². The van der Waals surface area contributed by atoms with Crippen LogP contribution in [-0.4, -0.2) is 70.4 Å². The zero-order valence-electron chi connectivity index (χ0n) is 18.6. The van der Waals surface area contributed by atoms with Crippen molar-refractivity contribution in [1.29, 1.82) is 0 Å². The standard InChI is InChI=1S/C19H27N3O2.C6H5FO/c1-16(23)22-12-5-9-18(22)19(24)21-11-6-10-20(13-14-21)15-17-7-3-2-4-8-17;7-5-2-1-3-6(8)4-5/h2-4,7-8,18H,5-6,9-15H2,1H3;1-4,8H/t18-;/m1./s1. The number of hydrogen-bond donors (Lipinski definition) is 1. The third-order valence-electron chi connectivity index (χ3n) is 5.90. The van der Waals surface area contributed by atoms with Gasteiger partial charge in [0.2, 0.25) is 11.8 Å². The van der Waals surface area contributed by atoms with Gasteiger partial charge in [-0.1, -0.05) is 36.4 Å². The summed E-state index contributed by atoms with van der Waals surface area (Å²) >= 11 is 0. The van der Waals surface area contributed by atoms with Gasteiger partial charge in [-0.25, -0.2) is 4.39 Å². The molecule has 2 aliphatic heterocycles. The molecule has 4 rings (SSSR count). The average molecular weight is 442 g/mol. The van der Waals surface area contributed by atoms with Crippen LogP contribution < -0.4 is 0 Å². The second kappa shape index (κ2) is 11.6. The van der Waals surface area contributed by atoms with E-state index in [1.165, 1.54) is 23.8 Å². The van der Waals surface area contributed by atoms with Gasteiger partial charge in [-0.2, -0.15) is 0 Å². The van der Waals surface area contributed by atoms with E-state index in [4.69, 9.17) is 5.11 Å². The second-order valence-electron chi connectivity index (χ2n) is 8.29. The summed E-state index contributed by atoms with van der Waals surface area (Å²) in [6.07, 6.45) is 2.73. The lowest BCUT2D eigenvalue weighted by molar-refractivity contribution is -0.142. The SMILES string of the molecule is CC(=O)N1CCC[C@@H]1C(=O)N1CCCN(Cc2ccccc2)CC1.Oc1cccc(F)c1. The van der Waals surface area contributed by atoms with Crippen LogP contribution in [0.4, 0.5) is 4.39 Å². The minimum Gasteiger partial charge on any atom is -0.508 e. The van der Waals surface area contributed by atoms with Crippen molar-refractivity contribution < 1.29 is 19.1 Å². The smallest absolute Gasteiger partial charge is 0.245 e. The van der Waals surface area contributed by atoms with Crippen LogP contribution in [0, 0.1) is 5.82 Å². The molecule has 2 aliphatic rings. The highest BCUT2D eigenvalue weighted by Gasteiger charge is 2.35. The number of carbonyl (C=O) groups excluding carboxylic acids is 2. The summed E-state index contributed by atoms with van der Waals surface area (Å²) in [5.74, 6) is -0.286. The summed E-state index contributed by atoms with van der Waals surface area (Å²) in [7, 11) is 0. The molecule has 0 aliphatic carbocycles. The molecule has 172 valence electrons. The first-order valence-corrected chi connectivity index (χ1v) is 11.2. The number of amides is 2. The number of phenolic OH excluding ortho intramolecular Hbond substituents is 1. The third kappa shape index (κ3) is 6.79. The Kier molecular flexibility index (Phi) is 8.62. The maximum Gasteiger partial charge on any atom is 0.245 e. The van der Waals surface area contributed by atoms with Crippen molar-refractivity contribution in [3.63, 3.8) is 0 Å². The molecule has 2 saturated heterocycles. The number of phenols is 1. The quantitative estimate of drug-likeness (QED) is 0.794. The molecule has 2 amide bonds. The highest BCUT2D eigenvalue weighted by atomic mass is 19.1. The lowest BCUT2D eigenvalue weighted by Gasteiger charge is -2.29. The van der Waals surface area contributed by atoms with Gasteiger partial charge in [0, 0.05) is 52.3 Å². The molecule has 2 heterocycles. The van der Waals surface area contributed by atoms with Crippen LogP contribution in [0.25, 0.3) is 0 Å². The molecule has 0 spiro atoms. The van der Waals surface area contributed by atoms with Crippen LogP contribution in [0.5, 0.6) is 5.75 Å². The van der Waals surface area contributed by atoms with E-state index in [0.29, 0.717) is 0 Å². The first-order chi connectivity index (χ1) is 15.4. The number of hydrogen-bond acceptors (Lipinski definition) is 4. The summed E-state index contributed by atoms with van der Waals surface area (Å²) in [6.45, 7) is 6.69. The van der Waals surface area contributed by atoms with Crippen LogP contribution in [0.3, 0.4) is 0 Å². The van der Waals surface area contributed by atoms with Gasteiger partial charge in [-0.3, -0.25) is 14.5 Å². The lowest BCUT2D eigenvalue weighted by atomic mass is 10.2. The Morgan fingerprint density at radius 3 is 2.41 bits per heavy atom. The Morgan fingerprint density at radius 2 is 1.75 bits per heavy atom. The van der Waals surface area contributed by atoms with E-state index in [1.807, 2.05) is 11.0 Å². The van der Waals surface area contributed by atoms with Crippen molar-refractivity contribution in [2.75, 3.05) is 32.7 Å². The highest BCUT2D eigenvalue weighted by Crippen LogP contribution is 2.20. The molecule has 1 N–H and O–H groups in total. The normalized spacial score (nSPS) is 19.1. The van der Waals surface area contributed by atoms with Crippen molar-refractivity contribution >= 4 is 11.8 Å². The molecular formula is C25H32FN3O3. The number of nitrogens with zero attached hydrogens (tertiary/aromatic N) is 3. The van der Waals surface area contributed by atoms with E-state index in [2.05, 4.69) is 29.2 Å². The topological polar surface area (TPSA) is 64.1 Å². The first kappa shape index (κ1) is 23.7. The van der Waals surface area contributed by atoms with Crippen molar-refractivity contribution in [2.24, 2.45) is 0 Å². The van der Waals surface area contributed by atoms with Crippen molar-refractivity contribution in [3.8, 4) is 5.75 Å². The largest absolute Gasteiger partial charge is 0.508 e. The van der Waals surface area contributed by atoms with Crippen molar-refractivity contribution in [2.45, 2.75) is 38.8 Å². The predicted molar refractivity (Wildman–Crippen MR) is 121 cm³/mol. The Labute approximate surface area is 189 Å². The summed E-state index contributed by atoms with van der Waals surface area (Å²) in [5, 5.41) is 8.57. The molecule has 0 bridgehead atoms. The average Bonchev–Trinajstić information content (AvgIpc) is 3.16. The molecule has 6 nitrogen and oxygen atoms in total. The van der Waals surface area contributed by atoms with Gasteiger partial charge < -0.3 is 14.9 Å². The Bertz CT molecular complexity index is 876. The fourth-order valence-corrected chi connectivity index (χ4v) is 4.28. The number of aromatic hydroxyl groups is 1. The van der Waals surface area contributed by atoms with E-state index < -0.39 is 5.82 Å². The van der Waals surface area contributed by atoms with Crippen LogP contribution in [0.1, 0.15) is 31.7 Å². The molecule has 7 heteroatoms. The minimum atomic E-state index is -0.412. The fourth-order valence-electron chi connectivity index (χ4n) is 4.28. The number of carbonyl (C=O) groups is 2. The molecule has 0 aromatic heterocycles. The van der Waals surface area contributed by atoms with E-state index >= 15 is 0 Å². The molecule has 2 fully saturated rings. The summed E-state index contributed by atoms with van der Waals surface area (Å²) in [4.78, 5) is 30.7. The van der Waals surface area contributed by atoms with E-state index in [-0.39, 0.29) is 23.6 Å². The van der Waals surface area contributed by atoms with Crippen LogP contribution in [0.2, 0.25) is 0 Å². The predicted octanol–water partition coefficient (Wildman–Crippen LogP) is 3.26. The Balaban J connectivity index is 0.000000305. The summed E-state index contributed by atoms with van der Waals surface area (Å²) in [6, 6.07) is 15.4. The fraction of sp³-hybridized carbons (Fsp3) is 0.440. The van der Waals surface area contributed by atoms with Gasteiger partial charge in [0.1, 0.15) is 17.6 Å². The van der Waals surface area contributed by atoms with Gasteiger partial charge in [0.15, 0.2) is 0 Å². The lowest BCUT2D eigenvalue weighted by Crippen LogP contribution is -2.48. The molecule has 32 heavy (non-hydrogen) atoms. The summed E-state index contributed by atoms with van der Waals surface area (Å²) in [5.41, 5.74) is 1.32. The minimum absolute atomic E-state index is 0.0198. The summed E-state index contributed by atoms with van der Waals surface area (Å²) < 4.78 is 12.0. The first-order valence-electron chi connectivity index (χ1n) is 11.2. The zero-order chi connectivity index (χ0) is 22.9. The molecule has 1 atom stereocenters. The van der Waals surface area contributed by atoms with E-state index in [0.717, 1.165) is 64.6 Å². The van der Waals surface area contributed by atoms with Crippen LogP contribution >= 0.6 is 0 Å². The molecule has 2 aromatic carbocycles. The maximum atomic E-state index is 12.8. The monoisotopic (exact) mass is 441 g/mol. The number of rotatable bonds is 3. The molecule has 0 unspecified atom stereocenters. The maximum absolute atomic E-state index is 12.8. The number of benzene rings is 2. The van der Waals surface area contributed by atoms with Crippen molar-refractivity contribution in [3.05, 3.63) is 66.0 Å². The zero-order valence-corrected chi connectivity index (χ0v) is 18.6. The Hall–Kier alpha value is -2.93. The number of likely N-dealkylation sites (tertiary alicyclic amines) is 1. The van der Waals surface area contributed by atoms with Gasteiger partial charge in [-0.05, 0) is 37.0 Å². The number of halogens is 1. The van der Waals surface area contributed by atoms with Crippen LogP contribution in [-0.2, 0) is 16.1 Å². The van der Waals surface area contributed by atoms with E-state index in [1.54, 1.807) is 11.8 Å². The van der Waals surface area contributed by atoms with E-state index in [9.17, 15) is 14.0 Å². The highest BCUT2D eigenvalue weighted by molar-refractivity contribution is 5.87. The van der Waals surface area contributed by atoms with Gasteiger partial charge in [0.25, 0.3) is 0 Å². The molecule has 2 aromatic rings. The van der Waals surface area contributed by atoms with Gasteiger partial charge >= 0.3 is 0 Å². The second-order valence-corrected chi connectivity index (χ2v) is 8.29. The molecule has 0 radical (unpaired) electrons. The van der Waals surface area contributed by atoms with Gasteiger partial charge in [0.05, 0.1) is 0 Å².